The van der Waals surface area contributed by atoms with Crippen LogP contribution < -0.4 is 5.32 Å². The Balaban J connectivity index is 2.09. The minimum absolute atomic E-state index is 0.0943. The molecule has 1 fully saturated rings. The number of hydrogen-bond acceptors (Lipinski definition) is 5. The van der Waals surface area contributed by atoms with Crippen LogP contribution in [-0.2, 0) is 25.5 Å². The maximum Gasteiger partial charge on any atom is 0.416 e. The highest BCUT2D eigenvalue weighted by Crippen LogP contribution is 2.30. The zero-order chi connectivity index (χ0) is 18.0. The number of aryl methyl sites for hydroxylation is 1. The molecule has 1 atom stereocenters. The summed E-state index contributed by atoms with van der Waals surface area (Å²) in [5, 5.41) is 1.65. The van der Waals surface area contributed by atoms with Gasteiger partial charge in [-0.25, -0.2) is 13.4 Å². The lowest BCUT2D eigenvalue weighted by atomic mass is 10.2. The third-order valence-corrected chi connectivity index (χ3v) is 4.94. The molecule has 2 heterocycles. The number of carbonyl (C=O) groups excluding carboxylic acids is 1. The molecule has 1 saturated heterocycles. The summed E-state index contributed by atoms with van der Waals surface area (Å²) in [6, 6.07) is 1.19. The van der Waals surface area contributed by atoms with Gasteiger partial charge in [0.05, 0.1) is 11.7 Å². The Labute approximate surface area is 137 Å². The number of amides is 1. The molecule has 1 N–H and O–H groups in total. The number of alkyl halides is 3. The van der Waals surface area contributed by atoms with Crippen LogP contribution in [-0.4, -0.2) is 44.3 Å². The molecule has 1 aromatic rings. The van der Waals surface area contributed by atoms with Gasteiger partial charge in [0.25, 0.3) is 0 Å². The van der Waals surface area contributed by atoms with Gasteiger partial charge in [-0.3, -0.25) is 4.79 Å². The zero-order valence-electron chi connectivity index (χ0n) is 12.9. The second-order valence-electron chi connectivity index (χ2n) is 5.53. The number of rotatable bonds is 5. The van der Waals surface area contributed by atoms with E-state index in [4.69, 9.17) is 4.74 Å². The number of ether oxygens (including phenoxy) is 1. The summed E-state index contributed by atoms with van der Waals surface area (Å²) in [7, 11) is -4.27. The molecular formula is C14H17F3N2O4S. The summed E-state index contributed by atoms with van der Waals surface area (Å²) in [6.07, 6.45) is -3.22. The third-order valence-electron chi connectivity index (χ3n) is 3.45. The summed E-state index contributed by atoms with van der Waals surface area (Å²) < 4.78 is 67.9. The summed E-state index contributed by atoms with van der Waals surface area (Å²) in [5.74, 6) is -1.77. The van der Waals surface area contributed by atoms with Crippen molar-refractivity contribution in [2.75, 3.05) is 18.9 Å². The Hall–Kier alpha value is -1.68. The lowest BCUT2D eigenvalue weighted by molar-refractivity contribution is -0.137. The fourth-order valence-electron chi connectivity index (χ4n) is 2.29. The Kier molecular flexibility index (Phi) is 5.49. The normalized spacial score (nSPS) is 18.6. The molecule has 134 valence electrons. The molecule has 2 rings (SSSR count). The van der Waals surface area contributed by atoms with Crippen LogP contribution in [0.15, 0.2) is 17.2 Å². The van der Waals surface area contributed by atoms with Crippen molar-refractivity contribution in [1.29, 1.82) is 0 Å². The van der Waals surface area contributed by atoms with E-state index in [2.05, 4.69) is 10.3 Å². The first-order valence-electron chi connectivity index (χ1n) is 7.25. The van der Waals surface area contributed by atoms with Crippen molar-refractivity contribution in [1.82, 2.24) is 10.3 Å². The number of hydrogen-bond donors (Lipinski definition) is 1. The van der Waals surface area contributed by atoms with Gasteiger partial charge in [-0.05, 0) is 31.9 Å². The van der Waals surface area contributed by atoms with Crippen molar-refractivity contribution in [2.45, 2.75) is 37.1 Å². The predicted molar refractivity (Wildman–Crippen MR) is 78.0 cm³/mol. The third kappa shape index (κ3) is 4.91. The highest BCUT2D eigenvalue weighted by atomic mass is 32.2. The molecule has 1 aromatic heterocycles. The molecule has 10 heteroatoms. The maximum atomic E-state index is 12.8. The Morgan fingerprint density at radius 2 is 2.12 bits per heavy atom. The monoisotopic (exact) mass is 366 g/mol. The van der Waals surface area contributed by atoms with Gasteiger partial charge in [0.1, 0.15) is 5.75 Å². The molecule has 0 spiro atoms. The van der Waals surface area contributed by atoms with Crippen molar-refractivity contribution in [3.8, 4) is 0 Å². The SMILES string of the molecule is Cc1cc(C(F)(F)F)cc(S(=O)(=O)CC(=O)NCC2CCCO2)n1. The molecule has 6 nitrogen and oxygen atoms in total. The minimum atomic E-state index is -4.69. The standard InChI is InChI=1S/C14H17F3N2O4S/c1-9-5-10(14(15,16)17)6-13(19-9)24(21,22)8-12(20)18-7-11-3-2-4-23-11/h5-6,11H,2-4,7-8H2,1H3,(H,18,20). The quantitative estimate of drug-likeness (QED) is 0.853. The molecule has 0 radical (unpaired) electrons. The van der Waals surface area contributed by atoms with Crippen LogP contribution >= 0.6 is 0 Å². The van der Waals surface area contributed by atoms with E-state index in [0.29, 0.717) is 12.7 Å². The summed E-state index contributed by atoms with van der Waals surface area (Å²) >= 11 is 0. The van der Waals surface area contributed by atoms with Gasteiger partial charge in [0.15, 0.2) is 5.03 Å². The molecule has 1 aliphatic heterocycles. The van der Waals surface area contributed by atoms with E-state index in [1.807, 2.05) is 0 Å². The topological polar surface area (TPSA) is 85.4 Å². The average Bonchev–Trinajstić information content (AvgIpc) is 2.96. The molecule has 1 aliphatic rings. The number of sulfone groups is 1. The number of aromatic nitrogens is 1. The van der Waals surface area contributed by atoms with Crippen molar-refractivity contribution in [2.24, 2.45) is 0 Å². The number of pyridine rings is 1. The Morgan fingerprint density at radius 3 is 2.71 bits per heavy atom. The van der Waals surface area contributed by atoms with Crippen LogP contribution in [0.2, 0.25) is 0 Å². The van der Waals surface area contributed by atoms with Gasteiger partial charge in [-0.2, -0.15) is 13.2 Å². The van der Waals surface area contributed by atoms with Crippen LogP contribution in [0.5, 0.6) is 0 Å². The number of carbonyl (C=O) groups is 1. The van der Waals surface area contributed by atoms with Crippen molar-refractivity contribution in [3.63, 3.8) is 0 Å². The summed E-state index contributed by atoms with van der Waals surface area (Å²) in [5.41, 5.74) is -1.21. The number of nitrogens with one attached hydrogen (secondary N) is 1. The lowest BCUT2D eigenvalue weighted by Crippen LogP contribution is -2.36. The highest BCUT2D eigenvalue weighted by molar-refractivity contribution is 7.92. The largest absolute Gasteiger partial charge is 0.416 e. The van der Waals surface area contributed by atoms with Crippen LogP contribution in [0, 0.1) is 6.92 Å². The van der Waals surface area contributed by atoms with Crippen LogP contribution in [0.3, 0.4) is 0 Å². The van der Waals surface area contributed by atoms with Crippen molar-refractivity contribution < 1.29 is 31.1 Å². The van der Waals surface area contributed by atoms with Gasteiger partial charge in [0.2, 0.25) is 15.7 Å². The van der Waals surface area contributed by atoms with Crippen LogP contribution in [0.4, 0.5) is 13.2 Å². The molecule has 0 aliphatic carbocycles. The summed E-state index contributed by atoms with van der Waals surface area (Å²) in [4.78, 5) is 15.4. The van der Waals surface area contributed by atoms with Gasteiger partial charge in [0, 0.05) is 18.8 Å². The van der Waals surface area contributed by atoms with E-state index in [1.54, 1.807) is 0 Å². The van der Waals surface area contributed by atoms with E-state index in [1.165, 1.54) is 6.92 Å². The van der Waals surface area contributed by atoms with Gasteiger partial charge < -0.3 is 10.1 Å². The second-order valence-corrected chi connectivity index (χ2v) is 7.47. The molecule has 24 heavy (non-hydrogen) atoms. The number of halogens is 3. The van der Waals surface area contributed by atoms with Gasteiger partial charge in [-0.15, -0.1) is 0 Å². The molecule has 0 aromatic carbocycles. The van der Waals surface area contributed by atoms with Gasteiger partial charge >= 0.3 is 6.18 Å². The smallest absolute Gasteiger partial charge is 0.376 e. The molecular weight excluding hydrogens is 349 g/mol. The molecule has 0 bridgehead atoms. The predicted octanol–water partition coefficient (Wildman–Crippen LogP) is 1.48. The number of nitrogens with zero attached hydrogens (tertiary/aromatic N) is 1. The van der Waals surface area contributed by atoms with E-state index < -0.39 is 38.3 Å². The van der Waals surface area contributed by atoms with E-state index in [-0.39, 0.29) is 18.3 Å². The lowest BCUT2D eigenvalue weighted by Gasteiger charge is -2.12. The Morgan fingerprint density at radius 1 is 1.42 bits per heavy atom. The fourth-order valence-corrected chi connectivity index (χ4v) is 3.48. The molecule has 1 amide bonds. The Bertz CT molecular complexity index is 713. The fraction of sp³-hybridized carbons (Fsp3) is 0.571. The molecule has 1 unspecified atom stereocenters. The zero-order valence-corrected chi connectivity index (χ0v) is 13.7. The first-order chi connectivity index (χ1) is 11.1. The van der Waals surface area contributed by atoms with Crippen molar-refractivity contribution in [3.05, 3.63) is 23.4 Å². The van der Waals surface area contributed by atoms with Crippen molar-refractivity contribution >= 4 is 15.7 Å². The first-order valence-corrected chi connectivity index (χ1v) is 8.90. The first kappa shape index (κ1) is 18.7. The molecule has 0 saturated carbocycles. The highest BCUT2D eigenvalue weighted by Gasteiger charge is 2.33. The second kappa shape index (κ2) is 7.06. The van der Waals surface area contributed by atoms with E-state index in [9.17, 15) is 26.4 Å². The van der Waals surface area contributed by atoms with Gasteiger partial charge in [-0.1, -0.05) is 0 Å². The minimum Gasteiger partial charge on any atom is -0.376 e. The van der Waals surface area contributed by atoms with Crippen LogP contribution in [0.1, 0.15) is 24.1 Å². The average molecular weight is 366 g/mol. The van der Waals surface area contributed by atoms with E-state index >= 15 is 0 Å². The summed E-state index contributed by atoms with van der Waals surface area (Å²) in [6.45, 7) is 2.02. The van der Waals surface area contributed by atoms with Crippen LogP contribution in [0.25, 0.3) is 0 Å². The van der Waals surface area contributed by atoms with E-state index in [0.717, 1.165) is 18.9 Å². The maximum absolute atomic E-state index is 12.8.